The largest absolute Gasteiger partial charge is 0.312 e. The van der Waals surface area contributed by atoms with Crippen LogP contribution in [-0.2, 0) is 19.4 Å². The monoisotopic (exact) mass is 268 g/mol. The normalized spacial score (nSPS) is 14.1. The minimum absolute atomic E-state index is 0.0208. The molecule has 0 spiro atoms. The molecular formula is C16H16N2O2. The number of hydrogen-bond acceptors (Lipinski definition) is 3. The highest BCUT2D eigenvalue weighted by Crippen LogP contribution is 2.19. The van der Waals surface area contributed by atoms with Crippen LogP contribution in [0.2, 0.25) is 0 Å². The summed E-state index contributed by atoms with van der Waals surface area (Å²) in [5.41, 5.74) is 2.76. The van der Waals surface area contributed by atoms with Crippen LogP contribution in [-0.4, -0.2) is 15.3 Å². The van der Waals surface area contributed by atoms with Gasteiger partial charge in [-0.05, 0) is 43.0 Å². The quantitative estimate of drug-likeness (QED) is 0.855. The molecule has 2 aromatic heterocycles. The Balaban J connectivity index is 1.91. The summed E-state index contributed by atoms with van der Waals surface area (Å²) in [6.45, 7) is 0.610. The van der Waals surface area contributed by atoms with E-state index in [1.807, 2.05) is 12.1 Å². The SMILES string of the molecule is O=C1CCCc2c1ccc(=O)n2CCc1ccncc1. The first-order chi connectivity index (χ1) is 9.75. The minimum atomic E-state index is -0.0208. The first-order valence-electron chi connectivity index (χ1n) is 6.90. The van der Waals surface area contributed by atoms with E-state index in [4.69, 9.17) is 0 Å². The van der Waals surface area contributed by atoms with Crippen LogP contribution < -0.4 is 5.56 Å². The molecule has 0 radical (unpaired) electrons. The fourth-order valence-electron chi connectivity index (χ4n) is 2.73. The van der Waals surface area contributed by atoms with Gasteiger partial charge in [-0.1, -0.05) is 0 Å². The van der Waals surface area contributed by atoms with Crippen molar-refractivity contribution in [3.63, 3.8) is 0 Å². The van der Waals surface area contributed by atoms with E-state index in [1.54, 1.807) is 23.0 Å². The van der Waals surface area contributed by atoms with Gasteiger partial charge in [0.05, 0.1) is 0 Å². The second-order valence-electron chi connectivity index (χ2n) is 5.07. The van der Waals surface area contributed by atoms with E-state index in [0.29, 0.717) is 13.0 Å². The van der Waals surface area contributed by atoms with Crippen molar-refractivity contribution in [1.82, 2.24) is 9.55 Å². The second-order valence-corrected chi connectivity index (χ2v) is 5.07. The van der Waals surface area contributed by atoms with Gasteiger partial charge in [-0.2, -0.15) is 0 Å². The fourth-order valence-corrected chi connectivity index (χ4v) is 2.73. The van der Waals surface area contributed by atoms with Crippen LogP contribution in [0.5, 0.6) is 0 Å². The Morgan fingerprint density at radius 2 is 1.85 bits per heavy atom. The lowest BCUT2D eigenvalue weighted by atomic mass is 9.94. The van der Waals surface area contributed by atoms with Gasteiger partial charge < -0.3 is 4.57 Å². The fraction of sp³-hybridized carbons (Fsp3) is 0.312. The Labute approximate surface area is 117 Å². The molecule has 1 aliphatic carbocycles. The van der Waals surface area contributed by atoms with Gasteiger partial charge in [-0.15, -0.1) is 0 Å². The van der Waals surface area contributed by atoms with Crippen molar-refractivity contribution >= 4 is 5.78 Å². The van der Waals surface area contributed by atoms with Crippen molar-refractivity contribution in [2.45, 2.75) is 32.2 Å². The third-order valence-corrected chi connectivity index (χ3v) is 3.79. The number of aryl methyl sites for hydroxylation is 1. The highest BCUT2D eigenvalue weighted by molar-refractivity contribution is 5.97. The van der Waals surface area contributed by atoms with Gasteiger partial charge in [0.25, 0.3) is 5.56 Å². The van der Waals surface area contributed by atoms with Crippen LogP contribution in [0.25, 0.3) is 0 Å². The maximum Gasteiger partial charge on any atom is 0.250 e. The zero-order valence-corrected chi connectivity index (χ0v) is 11.2. The smallest absolute Gasteiger partial charge is 0.250 e. The van der Waals surface area contributed by atoms with Crippen LogP contribution in [0, 0.1) is 0 Å². The number of fused-ring (bicyclic) bond motifs is 1. The van der Waals surface area contributed by atoms with Crippen molar-refractivity contribution in [2.75, 3.05) is 0 Å². The van der Waals surface area contributed by atoms with E-state index in [1.165, 1.54) is 6.07 Å². The number of nitrogens with zero attached hydrogens (tertiary/aromatic N) is 2. The number of hydrogen-bond donors (Lipinski definition) is 0. The summed E-state index contributed by atoms with van der Waals surface area (Å²) in [5.74, 6) is 0.156. The first-order valence-corrected chi connectivity index (χ1v) is 6.90. The van der Waals surface area contributed by atoms with Gasteiger partial charge in [-0.25, -0.2) is 0 Å². The molecule has 102 valence electrons. The molecule has 3 rings (SSSR count). The summed E-state index contributed by atoms with van der Waals surface area (Å²) in [6, 6.07) is 7.09. The van der Waals surface area contributed by atoms with Crippen molar-refractivity contribution in [3.8, 4) is 0 Å². The molecule has 0 aliphatic heterocycles. The lowest BCUT2D eigenvalue weighted by molar-refractivity contribution is 0.0970. The highest BCUT2D eigenvalue weighted by atomic mass is 16.1. The molecular weight excluding hydrogens is 252 g/mol. The molecule has 0 saturated heterocycles. The molecule has 0 atom stereocenters. The lowest BCUT2D eigenvalue weighted by Crippen LogP contribution is -2.28. The Hall–Kier alpha value is -2.23. The third kappa shape index (κ3) is 2.41. The molecule has 2 aromatic rings. The van der Waals surface area contributed by atoms with Crippen molar-refractivity contribution in [3.05, 3.63) is 63.8 Å². The Kier molecular flexibility index (Phi) is 3.46. The molecule has 0 unspecified atom stereocenters. The van der Waals surface area contributed by atoms with Crippen molar-refractivity contribution in [2.24, 2.45) is 0 Å². The third-order valence-electron chi connectivity index (χ3n) is 3.79. The number of pyridine rings is 2. The maximum atomic E-state index is 12.1. The summed E-state index contributed by atoms with van der Waals surface area (Å²) in [4.78, 5) is 27.9. The summed E-state index contributed by atoms with van der Waals surface area (Å²) >= 11 is 0. The van der Waals surface area contributed by atoms with Crippen molar-refractivity contribution in [1.29, 1.82) is 0 Å². The molecule has 20 heavy (non-hydrogen) atoms. The molecule has 0 fully saturated rings. The van der Waals surface area contributed by atoms with Gasteiger partial charge in [0.2, 0.25) is 0 Å². The summed E-state index contributed by atoms with van der Waals surface area (Å²) in [5, 5.41) is 0. The molecule has 1 aliphatic rings. The predicted octanol–water partition coefficient (Wildman–Crippen LogP) is 2.00. The molecule has 0 N–H and O–H groups in total. The maximum absolute atomic E-state index is 12.1. The van der Waals surface area contributed by atoms with E-state index < -0.39 is 0 Å². The highest BCUT2D eigenvalue weighted by Gasteiger charge is 2.20. The van der Waals surface area contributed by atoms with E-state index >= 15 is 0 Å². The summed E-state index contributed by atoms with van der Waals surface area (Å²) in [6.07, 6.45) is 6.52. The molecule has 4 heteroatoms. The molecule has 0 bridgehead atoms. The molecule has 4 nitrogen and oxygen atoms in total. The van der Waals surface area contributed by atoms with Gasteiger partial charge >= 0.3 is 0 Å². The van der Waals surface area contributed by atoms with Crippen LogP contribution in [0.1, 0.15) is 34.5 Å². The Morgan fingerprint density at radius 1 is 1.05 bits per heavy atom. The predicted molar refractivity (Wildman–Crippen MR) is 75.9 cm³/mol. The van der Waals surface area contributed by atoms with E-state index in [-0.39, 0.29) is 11.3 Å². The number of aromatic nitrogens is 2. The second kappa shape index (κ2) is 5.41. The zero-order chi connectivity index (χ0) is 13.9. The van der Waals surface area contributed by atoms with Gasteiger partial charge in [0.1, 0.15) is 0 Å². The zero-order valence-electron chi connectivity index (χ0n) is 11.2. The van der Waals surface area contributed by atoms with Crippen molar-refractivity contribution < 1.29 is 4.79 Å². The summed E-state index contributed by atoms with van der Waals surface area (Å²) in [7, 11) is 0. The molecule has 2 heterocycles. The number of Topliss-reactive ketones (excluding diaryl/α,β-unsaturated/α-hetero) is 1. The van der Waals surface area contributed by atoms with E-state index in [0.717, 1.165) is 36.1 Å². The molecule has 0 amide bonds. The van der Waals surface area contributed by atoms with E-state index in [2.05, 4.69) is 4.98 Å². The molecule has 0 aromatic carbocycles. The van der Waals surface area contributed by atoms with Crippen LogP contribution >= 0.6 is 0 Å². The first kappa shape index (κ1) is 12.8. The Bertz CT molecular complexity index is 689. The summed E-state index contributed by atoms with van der Waals surface area (Å²) < 4.78 is 1.76. The average Bonchev–Trinajstić information content (AvgIpc) is 2.47. The van der Waals surface area contributed by atoms with Gasteiger partial charge in [0, 0.05) is 42.7 Å². The van der Waals surface area contributed by atoms with Gasteiger partial charge in [0.15, 0.2) is 5.78 Å². The standard InChI is InChI=1S/C16H16N2O2/c19-15-3-1-2-14-13(15)4-5-16(20)18(14)11-8-12-6-9-17-10-7-12/h4-7,9-10H,1-3,8,11H2. The average molecular weight is 268 g/mol. The number of rotatable bonds is 3. The van der Waals surface area contributed by atoms with E-state index in [9.17, 15) is 9.59 Å². The topological polar surface area (TPSA) is 52.0 Å². The van der Waals surface area contributed by atoms with Crippen LogP contribution in [0.3, 0.4) is 0 Å². The van der Waals surface area contributed by atoms with Gasteiger partial charge in [-0.3, -0.25) is 14.6 Å². The lowest BCUT2D eigenvalue weighted by Gasteiger charge is -2.19. The Morgan fingerprint density at radius 3 is 2.65 bits per heavy atom. The number of carbonyl (C=O) groups excluding carboxylic acids is 1. The van der Waals surface area contributed by atoms with Crippen LogP contribution in [0.15, 0.2) is 41.5 Å². The number of ketones is 1. The number of carbonyl (C=O) groups is 1. The molecule has 0 saturated carbocycles. The van der Waals surface area contributed by atoms with Crippen LogP contribution in [0.4, 0.5) is 0 Å². The minimum Gasteiger partial charge on any atom is -0.312 e.